The molecule has 0 aliphatic carbocycles. The van der Waals surface area contributed by atoms with Crippen molar-refractivity contribution >= 4 is 27.7 Å². The van der Waals surface area contributed by atoms with Crippen molar-refractivity contribution in [3.05, 3.63) is 66.2 Å². The average Bonchev–Trinajstić information content (AvgIpc) is 2.55. The summed E-state index contributed by atoms with van der Waals surface area (Å²) in [6.07, 6.45) is 0. The Balaban J connectivity index is 0.00000208. The molecule has 2 N–H and O–H groups in total. The maximum atomic E-state index is 10.8. The number of fused-ring (bicyclic) bond motifs is 1. The molecule has 0 bridgehead atoms. The summed E-state index contributed by atoms with van der Waals surface area (Å²) in [6, 6.07) is 18.4. The van der Waals surface area contributed by atoms with Crippen LogP contribution in [0.5, 0.6) is 11.5 Å². The third kappa shape index (κ3) is 3.91. The van der Waals surface area contributed by atoms with E-state index in [1.165, 1.54) is 0 Å². The van der Waals surface area contributed by atoms with Crippen LogP contribution < -0.4 is 9.46 Å². The number of hydrogen-bond acceptors (Lipinski definition) is 4. The molecule has 24 heavy (non-hydrogen) atoms. The summed E-state index contributed by atoms with van der Waals surface area (Å²) in [6.45, 7) is -0.270. The highest BCUT2D eigenvalue weighted by atomic mass is 32.2. The highest BCUT2D eigenvalue weighted by Gasteiger charge is 2.07. The van der Waals surface area contributed by atoms with E-state index in [0.717, 1.165) is 10.8 Å². The maximum Gasteiger partial charge on any atom is 0.135 e. The van der Waals surface area contributed by atoms with Gasteiger partial charge in [-0.3, -0.25) is 4.21 Å². The van der Waals surface area contributed by atoms with Gasteiger partial charge in [0.05, 0.1) is 12.3 Å². The molecule has 0 radical (unpaired) electrons. The molecule has 1 unspecified atom stereocenters. The molecule has 0 aromatic heterocycles. The Morgan fingerprint density at radius 2 is 1.83 bits per heavy atom. The Morgan fingerprint density at radius 3 is 2.58 bits per heavy atom. The molecule has 0 saturated heterocycles. The molecule has 0 spiro atoms. The first-order valence-electron chi connectivity index (χ1n) is 6.92. The van der Waals surface area contributed by atoms with Crippen LogP contribution in [0.15, 0.2) is 60.7 Å². The van der Waals surface area contributed by atoms with E-state index in [4.69, 9.17) is 4.74 Å². The highest BCUT2D eigenvalue weighted by Crippen LogP contribution is 2.32. The molecule has 0 saturated carbocycles. The lowest BCUT2D eigenvalue weighted by Crippen LogP contribution is -2.05. The SMILES string of the molecule is C.O=S([O-])Nc1cc(Oc2cccc3ccccc23)ccc1CO. The molecule has 0 aliphatic heterocycles. The standard InChI is InChI=1S/C17H15NO4S.CH4/c19-11-13-8-9-14(10-16(13)18-23(20)21)22-17-7-3-5-12-4-1-2-6-15(12)17;/h1-10,18-19H,11H2,(H,20,21);1H4/p-1. The molecule has 0 amide bonds. The number of benzene rings is 3. The zero-order valence-electron chi connectivity index (χ0n) is 12.1. The van der Waals surface area contributed by atoms with Crippen molar-refractivity contribution in [3.8, 4) is 11.5 Å². The minimum Gasteiger partial charge on any atom is -0.755 e. The van der Waals surface area contributed by atoms with E-state index in [9.17, 15) is 13.9 Å². The van der Waals surface area contributed by atoms with Gasteiger partial charge in [0.15, 0.2) is 0 Å². The van der Waals surface area contributed by atoms with E-state index in [1.54, 1.807) is 18.2 Å². The fourth-order valence-electron chi connectivity index (χ4n) is 2.35. The second-order valence-electron chi connectivity index (χ2n) is 4.89. The number of ether oxygens (including phenoxy) is 1. The molecule has 126 valence electrons. The Bertz CT molecular complexity index is 861. The monoisotopic (exact) mass is 344 g/mol. The third-order valence-electron chi connectivity index (χ3n) is 3.42. The molecule has 1 atom stereocenters. The highest BCUT2D eigenvalue weighted by molar-refractivity contribution is 7.80. The van der Waals surface area contributed by atoms with Gasteiger partial charge in [0.2, 0.25) is 0 Å². The Hall–Kier alpha value is -2.41. The number of hydrogen-bond donors (Lipinski definition) is 2. The summed E-state index contributed by atoms with van der Waals surface area (Å²) in [5.41, 5.74) is 0.762. The second kappa shape index (κ2) is 7.92. The van der Waals surface area contributed by atoms with E-state index in [-0.39, 0.29) is 14.0 Å². The molecule has 0 aliphatic rings. The molecular weight excluding hydrogens is 326 g/mol. The van der Waals surface area contributed by atoms with Crippen molar-refractivity contribution in [2.75, 3.05) is 4.72 Å². The number of rotatable bonds is 5. The van der Waals surface area contributed by atoms with Gasteiger partial charge in [-0.25, -0.2) is 0 Å². The van der Waals surface area contributed by atoms with Crippen LogP contribution in [0.2, 0.25) is 0 Å². The Morgan fingerprint density at radius 1 is 1.08 bits per heavy atom. The van der Waals surface area contributed by atoms with Crippen molar-refractivity contribution < 1.29 is 18.6 Å². The van der Waals surface area contributed by atoms with E-state index in [0.29, 0.717) is 22.7 Å². The van der Waals surface area contributed by atoms with Crippen LogP contribution in [0.4, 0.5) is 5.69 Å². The summed E-state index contributed by atoms with van der Waals surface area (Å²) in [5, 5.41) is 11.3. The topological polar surface area (TPSA) is 81.6 Å². The van der Waals surface area contributed by atoms with Crippen LogP contribution in [0.1, 0.15) is 13.0 Å². The number of anilines is 1. The van der Waals surface area contributed by atoms with Gasteiger partial charge in [-0.1, -0.05) is 49.9 Å². The molecule has 3 aromatic rings. The van der Waals surface area contributed by atoms with Gasteiger partial charge in [-0.2, -0.15) is 0 Å². The largest absolute Gasteiger partial charge is 0.755 e. The predicted octanol–water partition coefficient (Wildman–Crippen LogP) is 3.97. The smallest absolute Gasteiger partial charge is 0.135 e. The summed E-state index contributed by atoms with van der Waals surface area (Å²) in [5.74, 6) is 1.15. The first kappa shape index (κ1) is 17.9. The van der Waals surface area contributed by atoms with Crippen molar-refractivity contribution in [1.29, 1.82) is 0 Å². The number of aliphatic hydroxyl groups is 1. The first-order valence-corrected chi connectivity index (χ1v) is 8.00. The average molecular weight is 344 g/mol. The third-order valence-corrected chi connectivity index (χ3v) is 3.81. The maximum absolute atomic E-state index is 10.8. The first-order chi connectivity index (χ1) is 11.2. The zero-order valence-corrected chi connectivity index (χ0v) is 12.9. The summed E-state index contributed by atoms with van der Waals surface area (Å²) < 4.78 is 29.9. The van der Waals surface area contributed by atoms with Crippen molar-refractivity contribution in [3.63, 3.8) is 0 Å². The van der Waals surface area contributed by atoms with Crippen LogP contribution in [-0.2, 0) is 17.9 Å². The zero-order chi connectivity index (χ0) is 16.2. The van der Waals surface area contributed by atoms with Crippen LogP contribution in [0, 0.1) is 0 Å². The van der Waals surface area contributed by atoms with Gasteiger partial charge in [-0.05, 0) is 17.5 Å². The van der Waals surface area contributed by atoms with E-state index in [2.05, 4.69) is 4.72 Å². The normalized spacial score (nSPS) is 11.6. The number of nitrogens with one attached hydrogen (secondary N) is 1. The summed E-state index contributed by atoms with van der Waals surface area (Å²) in [4.78, 5) is 0. The second-order valence-corrected chi connectivity index (χ2v) is 5.57. The summed E-state index contributed by atoms with van der Waals surface area (Å²) in [7, 11) is 0. The Labute approximate surface area is 143 Å². The molecule has 3 aromatic carbocycles. The molecule has 5 nitrogen and oxygen atoms in total. The molecule has 0 fully saturated rings. The van der Waals surface area contributed by atoms with Gasteiger partial charge in [-0.15, -0.1) is 0 Å². The van der Waals surface area contributed by atoms with E-state index >= 15 is 0 Å². The predicted molar refractivity (Wildman–Crippen MR) is 95.7 cm³/mol. The fourth-order valence-corrected chi connectivity index (χ4v) is 2.72. The van der Waals surface area contributed by atoms with Gasteiger partial charge < -0.3 is 19.1 Å². The molecule has 3 rings (SSSR count). The van der Waals surface area contributed by atoms with Gasteiger partial charge in [0.25, 0.3) is 0 Å². The van der Waals surface area contributed by atoms with Crippen LogP contribution >= 0.6 is 0 Å². The van der Waals surface area contributed by atoms with Gasteiger partial charge in [0, 0.05) is 28.3 Å². The van der Waals surface area contributed by atoms with E-state index in [1.807, 2.05) is 42.5 Å². The summed E-state index contributed by atoms with van der Waals surface area (Å²) >= 11 is -2.47. The number of aliphatic hydroxyl groups excluding tert-OH is 1. The fraction of sp³-hybridized carbons (Fsp3) is 0.111. The molecule has 0 heterocycles. The van der Waals surface area contributed by atoms with Crippen LogP contribution in [0.3, 0.4) is 0 Å². The van der Waals surface area contributed by atoms with Crippen molar-refractivity contribution in [2.45, 2.75) is 14.0 Å². The molecular formula is C18H18NO4S-. The lowest BCUT2D eigenvalue weighted by Gasteiger charge is -2.15. The lowest BCUT2D eigenvalue weighted by atomic mass is 10.1. The minimum absolute atomic E-state index is 0. The quantitative estimate of drug-likeness (QED) is 0.686. The lowest BCUT2D eigenvalue weighted by molar-refractivity contribution is 0.282. The Kier molecular flexibility index (Phi) is 5.92. The van der Waals surface area contributed by atoms with Crippen LogP contribution in [-0.4, -0.2) is 13.9 Å². The van der Waals surface area contributed by atoms with E-state index < -0.39 is 11.3 Å². The molecule has 6 heteroatoms. The van der Waals surface area contributed by atoms with Gasteiger partial charge in [0.1, 0.15) is 11.5 Å². The van der Waals surface area contributed by atoms with Crippen molar-refractivity contribution in [1.82, 2.24) is 0 Å². The van der Waals surface area contributed by atoms with Gasteiger partial charge >= 0.3 is 0 Å². The van der Waals surface area contributed by atoms with Crippen molar-refractivity contribution in [2.24, 2.45) is 0 Å². The van der Waals surface area contributed by atoms with Crippen LogP contribution in [0.25, 0.3) is 10.8 Å². The minimum atomic E-state index is -2.47.